The van der Waals surface area contributed by atoms with Crippen LogP contribution in [0.5, 0.6) is 0 Å². The summed E-state index contributed by atoms with van der Waals surface area (Å²) in [6.07, 6.45) is 0. The molecule has 0 bridgehead atoms. The van der Waals surface area contributed by atoms with Gasteiger partial charge in [0.2, 0.25) is 0 Å². The number of carbonyl (C=O) groups excluding carboxylic acids is 2. The minimum absolute atomic E-state index is 0.0553. The van der Waals surface area contributed by atoms with Gasteiger partial charge < -0.3 is 10.3 Å². The van der Waals surface area contributed by atoms with Crippen molar-refractivity contribution in [1.29, 1.82) is 0 Å². The molecule has 0 saturated heterocycles. The van der Waals surface area contributed by atoms with E-state index in [0.717, 1.165) is 11.3 Å². The lowest BCUT2D eigenvalue weighted by Crippen LogP contribution is -2.17. The highest BCUT2D eigenvalue weighted by Gasteiger charge is 2.21. The molecule has 3 rings (SSSR count). The Bertz CT molecular complexity index is 967. The molecule has 3 aromatic rings. The zero-order chi connectivity index (χ0) is 18.8. The largest absolute Gasteiger partial charge is 0.354 e. The van der Waals surface area contributed by atoms with Gasteiger partial charge in [0.1, 0.15) is 11.5 Å². The molecule has 0 aliphatic heterocycles. The Morgan fingerprint density at radius 2 is 1.85 bits per heavy atom. The van der Waals surface area contributed by atoms with Crippen LogP contribution in [0.25, 0.3) is 0 Å². The number of Topliss-reactive ketones (excluding diaryl/α,β-unsaturated/α-hetero) is 1. The molecule has 0 atom stereocenters. The van der Waals surface area contributed by atoms with Crippen LogP contribution in [0.1, 0.15) is 50.3 Å². The molecule has 2 N–H and O–H groups in total. The number of hydrogen-bond acceptors (Lipinski definition) is 3. The Balaban J connectivity index is 1.87. The maximum Gasteiger partial charge on any atom is 0.273 e. The predicted molar refractivity (Wildman–Crippen MR) is 101 cm³/mol. The normalized spacial score (nSPS) is 10.8. The summed E-state index contributed by atoms with van der Waals surface area (Å²) in [6.45, 7) is 7.52. The lowest BCUT2D eigenvalue weighted by atomic mass is 10.1. The maximum atomic E-state index is 12.7. The molecule has 0 unspecified atom stereocenters. The zero-order valence-corrected chi connectivity index (χ0v) is 15.4. The van der Waals surface area contributed by atoms with Crippen molar-refractivity contribution < 1.29 is 9.59 Å². The SMILES string of the molecule is CC(=O)c1c(C)[nH]c(C(=O)Nc2cc(C)nn2Cc2ccccc2)c1C. The third-order valence-electron chi connectivity index (χ3n) is 4.34. The van der Waals surface area contributed by atoms with Gasteiger partial charge in [0.05, 0.1) is 12.2 Å². The molecule has 0 aliphatic carbocycles. The van der Waals surface area contributed by atoms with Gasteiger partial charge in [0.25, 0.3) is 5.91 Å². The third kappa shape index (κ3) is 3.44. The van der Waals surface area contributed by atoms with Crippen LogP contribution in [0, 0.1) is 20.8 Å². The highest BCUT2D eigenvalue weighted by atomic mass is 16.2. The standard InChI is InChI=1S/C20H22N4O2/c1-12-10-17(24(23-12)11-16-8-6-5-7-9-16)22-20(26)19-13(2)18(15(4)25)14(3)21-19/h5-10,21H,11H2,1-4H3,(H,22,26). The molecule has 1 amide bonds. The number of anilines is 1. The first-order valence-electron chi connectivity index (χ1n) is 8.46. The average Bonchev–Trinajstić information content (AvgIpc) is 3.07. The van der Waals surface area contributed by atoms with Crippen molar-refractivity contribution in [2.45, 2.75) is 34.2 Å². The topological polar surface area (TPSA) is 79.8 Å². The molecule has 2 heterocycles. The average molecular weight is 350 g/mol. The number of rotatable bonds is 5. The Kier molecular flexibility index (Phi) is 4.75. The van der Waals surface area contributed by atoms with E-state index in [1.807, 2.05) is 43.3 Å². The summed E-state index contributed by atoms with van der Waals surface area (Å²) in [4.78, 5) is 27.5. The van der Waals surface area contributed by atoms with E-state index in [4.69, 9.17) is 0 Å². The second-order valence-electron chi connectivity index (χ2n) is 6.45. The molecule has 1 aromatic carbocycles. The highest BCUT2D eigenvalue weighted by molar-refractivity contribution is 6.07. The molecule has 26 heavy (non-hydrogen) atoms. The molecule has 134 valence electrons. The van der Waals surface area contributed by atoms with E-state index in [2.05, 4.69) is 15.4 Å². The molecule has 0 fully saturated rings. The third-order valence-corrected chi connectivity index (χ3v) is 4.34. The van der Waals surface area contributed by atoms with Crippen LogP contribution in [0.2, 0.25) is 0 Å². The van der Waals surface area contributed by atoms with Crippen LogP contribution in [-0.4, -0.2) is 26.5 Å². The number of hydrogen-bond donors (Lipinski definition) is 2. The monoisotopic (exact) mass is 350 g/mol. The molecular formula is C20H22N4O2. The molecule has 0 spiro atoms. The van der Waals surface area contributed by atoms with Crippen LogP contribution in [0.4, 0.5) is 5.82 Å². The molecule has 6 nitrogen and oxygen atoms in total. The number of aryl methyl sites for hydroxylation is 2. The second-order valence-corrected chi connectivity index (χ2v) is 6.45. The maximum absolute atomic E-state index is 12.7. The van der Waals surface area contributed by atoms with Gasteiger partial charge in [-0.3, -0.25) is 9.59 Å². The van der Waals surface area contributed by atoms with Crippen molar-refractivity contribution in [3.8, 4) is 0 Å². The first-order valence-corrected chi connectivity index (χ1v) is 8.46. The van der Waals surface area contributed by atoms with Gasteiger partial charge in [-0.25, -0.2) is 4.68 Å². The Morgan fingerprint density at radius 3 is 2.46 bits per heavy atom. The Morgan fingerprint density at radius 1 is 1.15 bits per heavy atom. The predicted octanol–water partition coefficient (Wildman–Crippen LogP) is 3.64. The van der Waals surface area contributed by atoms with Gasteiger partial charge in [0.15, 0.2) is 5.78 Å². The van der Waals surface area contributed by atoms with Crippen molar-refractivity contribution in [3.05, 3.63) is 70.2 Å². The lowest BCUT2D eigenvalue weighted by molar-refractivity contribution is 0.101. The summed E-state index contributed by atoms with van der Waals surface area (Å²) >= 11 is 0. The number of H-pyrrole nitrogens is 1. The van der Waals surface area contributed by atoms with Crippen molar-refractivity contribution in [1.82, 2.24) is 14.8 Å². The minimum Gasteiger partial charge on any atom is -0.354 e. The molecule has 6 heteroatoms. The van der Waals surface area contributed by atoms with Crippen molar-refractivity contribution >= 4 is 17.5 Å². The van der Waals surface area contributed by atoms with E-state index >= 15 is 0 Å². The summed E-state index contributed by atoms with van der Waals surface area (Å²) in [6, 6.07) is 11.8. The van der Waals surface area contributed by atoms with Crippen LogP contribution in [0.15, 0.2) is 36.4 Å². The van der Waals surface area contributed by atoms with Crippen LogP contribution >= 0.6 is 0 Å². The van der Waals surface area contributed by atoms with Gasteiger partial charge in [-0.05, 0) is 38.8 Å². The summed E-state index contributed by atoms with van der Waals surface area (Å²) in [5.41, 5.74) is 4.26. The summed E-state index contributed by atoms with van der Waals surface area (Å²) < 4.78 is 1.76. The highest BCUT2D eigenvalue weighted by Crippen LogP contribution is 2.20. The first kappa shape index (κ1) is 17.7. The zero-order valence-electron chi connectivity index (χ0n) is 15.4. The summed E-state index contributed by atoms with van der Waals surface area (Å²) in [5, 5.41) is 7.37. The lowest BCUT2D eigenvalue weighted by Gasteiger charge is -2.09. The molecule has 0 radical (unpaired) electrons. The smallest absolute Gasteiger partial charge is 0.273 e. The van der Waals surface area contributed by atoms with Gasteiger partial charge in [-0.2, -0.15) is 5.10 Å². The van der Waals surface area contributed by atoms with Gasteiger partial charge in [-0.15, -0.1) is 0 Å². The van der Waals surface area contributed by atoms with Crippen LogP contribution < -0.4 is 5.32 Å². The fourth-order valence-electron chi connectivity index (χ4n) is 3.21. The number of carbonyl (C=O) groups is 2. The van der Waals surface area contributed by atoms with E-state index in [1.54, 1.807) is 18.5 Å². The first-order chi connectivity index (χ1) is 12.4. The summed E-state index contributed by atoms with van der Waals surface area (Å²) in [7, 11) is 0. The molecule has 0 aliphatic rings. The van der Waals surface area contributed by atoms with Crippen molar-refractivity contribution in [2.75, 3.05) is 5.32 Å². The van der Waals surface area contributed by atoms with Crippen LogP contribution in [0.3, 0.4) is 0 Å². The summed E-state index contributed by atoms with van der Waals surface area (Å²) in [5.74, 6) is 0.278. The number of nitrogens with one attached hydrogen (secondary N) is 2. The Labute approximate surface area is 152 Å². The fourth-order valence-corrected chi connectivity index (χ4v) is 3.21. The molecule has 0 saturated carbocycles. The van der Waals surface area contributed by atoms with E-state index in [-0.39, 0.29) is 11.7 Å². The van der Waals surface area contributed by atoms with E-state index in [1.165, 1.54) is 6.92 Å². The van der Waals surface area contributed by atoms with Crippen molar-refractivity contribution in [3.63, 3.8) is 0 Å². The Hall–Kier alpha value is -3.15. The second kappa shape index (κ2) is 7.00. The quantitative estimate of drug-likeness (QED) is 0.690. The number of benzene rings is 1. The van der Waals surface area contributed by atoms with Crippen LogP contribution in [-0.2, 0) is 6.54 Å². The number of nitrogens with zero attached hydrogens (tertiary/aromatic N) is 2. The number of amides is 1. The molecule has 2 aromatic heterocycles. The minimum atomic E-state index is -0.285. The fraction of sp³-hybridized carbons (Fsp3) is 0.250. The number of ketones is 1. The van der Waals surface area contributed by atoms with E-state index in [0.29, 0.717) is 34.9 Å². The van der Waals surface area contributed by atoms with E-state index < -0.39 is 0 Å². The van der Waals surface area contributed by atoms with Gasteiger partial charge in [0, 0.05) is 17.3 Å². The number of aromatic amines is 1. The number of aromatic nitrogens is 3. The van der Waals surface area contributed by atoms with Gasteiger partial charge in [-0.1, -0.05) is 30.3 Å². The van der Waals surface area contributed by atoms with Gasteiger partial charge >= 0.3 is 0 Å². The van der Waals surface area contributed by atoms with Crippen molar-refractivity contribution in [2.24, 2.45) is 0 Å². The van der Waals surface area contributed by atoms with E-state index in [9.17, 15) is 9.59 Å². The molecular weight excluding hydrogens is 328 g/mol.